The summed E-state index contributed by atoms with van der Waals surface area (Å²) in [5.41, 5.74) is 7.84. The predicted octanol–water partition coefficient (Wildman–Crippen LogP) is 1.30. The minimum atomic E-state index is -0.264. The van der Waals surface area contributed by atoms with Crippen LogP contribution in [0.1, 0.15) is 15.9 Å². The van der Waals surface area contributed by atoms with Gasteiger partial charge in [0, 0.05) is 24.0 Å². The Hall–Kier alpha value is -2.89. The number of carbonyl (C=O) groups excluding carboxylic acids is 2. The molecule has 0 atom stereocenters. The Morgan fingerprint density at radius 1 is 1.32 bits per heavy atom. The van der Waals surface area contributed by atoms with E-state index in [0.29, 0.717) is 23.6 Å². The van der Waals surface area contributed by atoms with Gasteiger partial charge >= 0.3 is 0 Å². The second-order valence-electron chi connectivity index (χ2n) is 5.16. The minimum Gasteiger partial charge on any atom is -0.399 e. The molecule has 3 rings (SSSR count). The number of hydrogen-bond donors (Lipinski definition) is 2. The van der Waals surface area contributed by atoms with Crippen molar-refractivity contribution in [2.24, 2.45) is 0 Å². The van der Waals surface area contributed by atoms with E-state index < -0.39 is 0 Å². The van der Waals surface area contributed by atoms with Crippen LogP contribution in [0.3, 0.4) is 0 Å². The molecule has 0 spiro atoms. The summed E-state index contributed by atoms with van der Waals surface area (Å²) in [6.07, 6.45) is 2.32. The van der Waals surface area contributed by atoms with Crippen molar-refractivity contribution >= 4 is 23.3 Å². The third-order valence-corrected chi connectivity index (χ3v) is 3.57. The number of rotatable bonds is 3. The quantitative estimate of drug-likeness (QED) is 0.836. The molecule has 0 bridgehead atoms. The van der Waals surface area contributed by atoms with E-state index in [0.717, 1.165) is 12.0 Å². The number of aromatic nitrogens is 1. The maximum atomic E-state index is 12.4. The fourth-order valence-corrected chi connectivity index (χ4v) is 2.48. The van der Waals surface area contributed by atoms with Crippen LogP contribution in [-0.4, -0.2) is 34.8 Å². The number of nitrogen functional groups attached to an aromatic ring is 1. The first-order valence-corrected chi connectivity index (χ1v) is 7.02. The van der Waals surface area contributed by atoms with Crippen molar-refractivity contribution < 1.29 is 9.59 Å². The zero-order valence-electron chi connectivity index (χ0n) is 12.0. The molecule has 22 heavy (non-hydrogen) atoms. The van der Waals surface area contributed by atoms with Gasteiger partial charge in [-0.05, 0) is 36.2 Å². The molecular weight excluding hydrogens is 280 g/mol. The lowest BCUT2D eigenvalue weighted by Gasteiger charge is -2.28. The second kappa shape index (κ2) is 5.85. The van der Waals surface area contributed by atoms with Gasteiger partial charge in [-0.15, -0.1) is 0 Å². The number of hydrogen-bond acceptors (Lipinski definition) is 4. The lowest BCUT2D eigenvalue weighted by Crippen LogP contribution is -2.42. The second-order valence-corrected chi connectivity index (χ2v) is 5.16. The number of carbonyl (C=O) groups is 2. The van der Waals surface area contributed by atoms with Crippen molar-refractivity contribution in [1.82, 2.24) is 9.88 Å². The lowest BCUT2D eigenvalue weighted by atomic mass is 9.98. The molecule has 2 heterocycles. The molecule has 2 amide bonds. The SMILES string of the molecule is Nc1ccc2c(c1)C(=O)N(CC(=O)Nc1ccccn1)CC2. The Bertz CT molecular complexity index is 715. The van der Waals surface area contributed by atoms with Gasteiger partial charge in [0.2, 0.25) is 5.91 Å². The largest absolute Gasteiger partial charge is 0.399 e. The van der Waals surface area contributed by atoms with Crippen LogP contribution >= 0.6 is 0 Å². The average Bonchev–Trinajstić information content (AvgIpc) is 2.51. The molecule has 0 radical (unpaired) electrons. The van der Waals surface area contributed by atoms with Crippen molar-refractivity contribution in [3.8, 4) is 0 Å². The van der Waals surface area contributed by atoms with Crippen molar-refractivity contribution in [3.05, 3.63) is 53.7 Å². The van der Waals surface area contributed by atoms with Crippen LogP contribution < -0.4 is 11.1 Å². The molecule has 1 aromatic heterocycles. The van der Waals surface area contributed by atoms with E-state index in [1.54, 1.807) is 36.5 Å². The van der Waals surface area contributed by atoms with Crippen LogP contribution in [0.15, 0.2) is 42.6 Å². The summed E-state index contributed by atoms with van der Waals surface area (Å²) in [5.74, 6) is 0.0470. The molecule has 1 aliphatic heterocycles. The minimum absolute atomic E-state index is 0.00362. The highest BCUT2D eigenvalue weighted by atomic mass is 16.2. The summed E-state index contributed by atoms with van der Waals surface area (Å²) in [7, 11) is 0. The smallest absolute Gasteiger partial charge is 0.254 e. The van der Waals surface area contributed by atoms with E-state index in [1.165, 1.54) is 4.90 Å². The first kappa shape index (κ1) is 14.1. The first-order chi connectivity index (χ1) is 10.6. The van der Waals surface area contributed by atoms with Gasteiger partial charge in [0.25, 0.3) is 5.91 Å². The average molecular weight is 296 g/mol. The molecule has 0 fully saturated rings. The zero-order chi connectivity index (χ0) is 15.5. The number of fused-ring (bicyclic) bond motifs is 1. The van der Waals surface area contributed by atoms with Crippen LogP contribution in [-0.2, 0) is 11.2 Å². The number of nitrogens with two attached hydrogens (primary N) is 1. The van der Waals surface area contributed by atoms with Gasteiger partial charge in [0.05, 0.1) is 0 Å². The van der Waals surface area contributed by atoms with Crippen LogP contribution in [0, 0.1) is 0 Å². The van der Waals surface area contributed by atoms with Crippen LogP contribution in [0.25, 0.3) is 0 Å². The Kier molecular flexibility index (Phi) is 3.74. The van der Waals surface area contributed by atoms with Crippen molar-refractivity contribution in [2.75, 3.05) is 24.1 Å². The number of nitrogens with one attached hydrogen (secondary N) is 1. The summed E-state index contributed by atoms with van der Waals surface area (Å²) < 4.78 is 0. The Morgan fingerprint density at radius 2 is 2.18 bits per heavy atom. The maximum absolute atomic E-state index is 12.4. The summed E-state index contributed by atoms with van der Waals surface area (Å²) in [6.45, 7) is 0.523. The summed E-state index contributed by atoms with van der Waals surface area (Å²) >= 11 is 0. The van der Waals surface area contributed by atoms with Gasteiger partial charge in [-0.2, -0.15) is 0 Å². The number of pyridine rings is 1. The highest BCUT2D eigenvalue weighted by Gasteiger charge is 2.25. The maximum Gasteiger partial charge on any atom is 0.254 e. The number of amides is 2. The van der Waals surface area contributed by atoms with Gasteiger partial charge < -0.3 is 16.0 Å². The molecule has 3 N–H and O–H groups in total. The number of nitrogens with zero attached hydrogens (tertiary/aromatic N) is 2. The third kappa shape index (κ3) is 2.90. The van der Waals surface area contributed by atoms with E-state index in [-0.39, 0.29) is 18.4 Å². The van der Waals surface area contributed by atoms with Crippen molar-refractivity contribution in [3.63, 3.8) is 0 Å². The highest BCUT2D eigenvalue weighted by Crippen LogP contribution is 2.21. The summed E-state index contributed by atoms with van der Waals surface area (Å²) in [6, 6.07) is 10.6. The molecule has 0 aliphatic carbocycles. The normalized spacial score (nSPS) is 13.6. The van der Waals surface area contributed by atoms with Gasteiger partial charge in [0.1, 0.15) is 12.4 Å². The molecule has 6 nitrogen and oxygen atoms in total. The van der Waals surface area contributed by atoms with Crippen LogP contribution in [0.5, 0.6) is 0 Å². The molecule has 2 aromatic rings. The molecule has 0 saturated heterocycles. The fourth-order valence-electron chi connectivity index (χ4n) is 2.48. The van der Waals surface area contributed by atoms with Crippen molar-refractivity contribution in [2.45, 2.75) is 6.42 Å². The summed E-state index contributed by atoms with van der Waals surface area (Å²) in [5, 5.41) is 2.68. The monoisotopic (exact) mass is 296 g/mol. The van der Waals surface area contributed by atoms with Crippen LogP contribution in [0.2, 0.25) is 0 Å². The third-order valence-electron chi connectivity index (χ3n) is 3.57. The number of anilines is 2. The predicted molar refractivity (Wildman–Crippen MR) is 83.3 cm³/mol. The Morgan fingerprint density at radius 3 is 2.95 bits per heavy atom. The van der Waals surface area contributed by atoms with Crippen LogP contribution in [0.4, 0.5) is 11.5 Å². The topological polar surface area (TPSA) is 88.3 Å². The van der Waals surface area contributed by atoms with E-state index in [1.807, 2.05) is 6.07 Å². The van der Waals surface area contributed by atoms with Gasteiger partial charge in [-0.3, -0.25) is 9.59 Å². The Labute approximate surface area is 127 Å². The number of benzene rings is 1. The molecule has 6 heteroatoms. The van der Waals surface area contributed by atoms with E-state index >= 15 is 0 Å². The van der Waals surface area contributed by atoms with Gasteiger partial charge in [-0.25, -0.2) is 4.98 Å². The van der Waals surface area contributed by atoms with E-state index in [2.05, 4.69) is 10.3 Å². The van der Waals surface area contributed by atoms with E-state index in [4.69, 9.17) is 5.73 Å². The standard InChI is InChI=1S/C16H16N4O2/c17-12-5-4-11-6-8-20(16(22)13(11)9-12)10-15(21)19-14-3-1-2-7-18-14/h1-5,7,9H,6,8,10,17H2,(H,18,19,21). The fraction of sp³-hybridized carbons (Fsp3) is 0.188. The molecular formula is C16H16N4O2. The van der Waals surface area contributed by atoms with Crippen molar-refractivity contribution in [1.29, 1.82) is 0 Å². The molecule has 1 aromatic carbocycles. The molecule has 0 unspecified atom stereocenters. The lowest BCUT2D eigenvalue weighted by molar-refractivity contribution is -0.117. The zero-order valence-corrected chi connectivity index (χ0v) is 12.0. The molecule has 0 saturated carbocycles. The van der Waals surface area contributed by atoms with Gasteiger partial charge in [0.15, 0.2) is 0 Å². The van der Waals surface area contributed by atoms with Gasteiger partial charge in [-0.1, -0.05) is 12.1 Å². The molecule has 1 aliphatic rings. The first-order valence-electron chi connectivity index (χ1n) is 7.02. The Balaban J connectivity index is 1.69. The van der Waals surface area contributed by atoms with E-state index in [9.17, 15) is 9.59 Å². The summed E-state index contributed by atoms with van der Waals surface area (Å²) in [4.78, 5) is 30.0. The molecule has 112 valence electrons. The highest BCUT2D eigenvalue weighted by molar-refractivity contribution is 6.01.